The molecule has 0 saturated heterocycles. The number of aryl methyl sites for hydroxylation is 3. The molecular weight excluding hydrogens is 454 g/mol. The van der Waals surface area contributed by atoms with E-state index < -0.39 is 0 Å². The van der Waals surface area contributed by atoms with Crippen LogP contribution in [0.2, 0.25) is 0 Å². The highest BCUT2D eigenvalue weighted by Crippen LogP contribution is 2.36. The number of benzene rings is 2. The van der Waals surface area contributed by atoms with E-state index in [2.05, 4.69) is 86.1 Å². The Labute approximate surface area is 217 Å². The number of rotatable bonds is 6. The lowest BCUT2D eigenvalue weighted by molar-refractivity contribution is 0.839. The summed E-state index contributed by atoms with van der Waals surface area (Å²) >= 11 is 0. The molecule has 0 amide bonds. The highest BCUT2D eigenvalue weighted by molar-refractivity contribution is 5.92. The molecule has 182 valence electrons. The third-order valence-electron chi connectivity index (χ3n) is 7.04. The van der Waals surface area contributed by atoms with Gasteiger partial charge in [-0.1, -0.05) is 48.9 Å². The first kappa shape index (κ1) is 22.9. The van der Waals surface area contributed by atoms with E-state index in [1.54, 1.807) is 19.3 Å². The SMILES string of the molecule is C=C(CCc1ccc2c3c([nH]c2c1)-c1ccccc1CCC3)Nc1ncc(-c2ccc(C#CC)nc2)[nH]1. The summed E-state index contributed by atoms with van der Waals surface area (Å²) in [7, 11) is 0. The van der Waals surface area contributed by atoms with Gasteiger partial charge in [0.15, 0.2) is 0 Å². The Morgan fingerprint density at radius 2 is 1.95 bits per heavy atom. The quantitative estimate of drug-likeness (QED) is 0.227. The fourth-order valence-corrected chi connectivity index (χ4v) is 5.20. The van der Waals surface area contributed by atoms with Crippen LogP contribution in [0.25, 0.3) is 33.4 Å². The zero-order valence-corrected chi connectivity index (χ0v) is 21.0. The summed E-state index contributed by atoms with van der Waals surface area (Å²) in [5.74, 6) is 6.51. The third kappa shape index (κ3) is 4.66. The minimum atomic E-state index is 0.680. The maximum Gasteiger partial charge on any atom is 0.204 e. The number of H-pyrrole nitrogens is 2. The summed E-state index contributed by atoms with van der Waals surface area (Å²) in [6.07, 6.45) is 8.77. The highest BCUT2D eigenvalue weighted by Gasteiger charge is 2.18. The summed E-state index contributed by atoms with van der Waals surface area (Å²) in [4.78, 5) is 15.9. The van der Waals surface area contributed by atoms with Crippen LogP contribution in [-0.2, 0) is 19.3 Å². The number of pyridine rings is 1. The molecule has 1 aliphatic carbocycles. The number of fused-ring (bicyclic) bond motifs is 5. The highest BCUT2D eigenvalue weighted by atomic mass is 15.1. The van der Waals surface area contributed by atoms with Crippen LogP contribution in [0.1, 0.15) is 42.1 Å². The van der Waals surface area contributed by atoms with Crippen LogP contribution in [0.3, 0.4) is 0 Å². The summed E-state index contributed by atoms with van der Waals surface area (Å²) in [6, 6.07) is 19.5. The number of hydrogen-bond acceptors (Lipinski definition) is 3. The first-order valence-electron chi connectivity index (χ1n) is 12.8. The van der Waals surface area contributed by atoms with E-state index in [9.17, 15) is 0 Å². The van der Waals surface area contributed by atoms with Gasteiger partial charge < -0.3 is 15.3 Å². The Morgan fingerprint density at radius 3 is 2.81 bits per heavy atom. The summed E-state index contributed by atoms with van der Waals surface area (Å²) in [5.41, 5.74) is 11.6. The third-order valence-corrected chi connectivity index (χ3v) is 7.04. The number of allylic oxidation sites excluding steroid dienone is 1. The molecule has 0 radical (unpaired) electrons. The molecule has 0 fully saturated rings. The van der Waals surface area contributed by atoms with Crippen molar-refractivity contribution in [1.82, 2.24) is 19.9 Å². The van der Waals surface area contributed by atoms with Gasteiger partial charge in [0.05, 0.1) is 11.9 Å². The Bertz CT molecular complexity index is 1660. The normalized spacial score (nSPS) is 12.2. The summed E-state index contributed by atoms with van der Waals surface area (Å²) < 4.78 is 0. The predicted molar refractivity (Wildman–Crippen MR) is 151 cm³/mol. The van der Waals surface area contributed by atoms with Crippen molar-refractivity contribution >= 4 is 16.9 Å². The van der Waals surface area contributed by atoms with E-state index in [0.29, 0.717) is 5.95 Å². The molecule has 5 nitrogen and oxygen atoms in total. The van der Waals surface area contributed by atoms with Crippen LogP contribution in [0.4, 0.5) is 5.95 Å². The van der Waals surface area contributed by atoms with E-state index in [-0.39, 0.29) is 0 Å². The topological polar surface area (TPSA) is 69.4 Å². The number of imidazole rings is 1. The standard InChI is InChI=1S/C32H29N5/c1-3-7-25-16-15-24(19-33-25)30-20-34-32(37-30)35-21(2)12-13-22-14-17-27-28-11-6-9-23-8-4-5-10-26(23)31(28)36-29(27)18-22/h4-5,8,10,14-20,36H,2,6,9,11-13H2,1H3,(H2,34,35,37). The van der Waals surface area contributed by atoms with Crippen molar-refractivity contribution in [1.29, 1.82) is 0 Å². The Kier molecular flexibility index (Phi) is 6.08. The Hall–Kier alpha value is -4.56. The molecule has 0 unspecified atom stereocenters. The lowest BCUT2D eigenvalue weighted by atomic mass is 10.0. The van der Waals surface area contributed by atoms with E-state index in [1.807, 2.05) is 12.1 Å². The van der Waals surface area contributed by atoms with Gasteiger partial charge >= 0.3 is 0 Å². The van der Waals surface area contributed by atoms with Crippen LogP contribution in [0.15, 0.2) is 79.3 Å². The van der Waals surface area contributed by atoms with Gasteiger partial charge in [-0.2, -0.15) is 0 Å². The van der Waals surface area contributed by atoms with Gasteiger partial charge in [0.2, 0.25) is 5.95 Å². The monoisotopic (exact) mass is 483 g/mol. The molecule has 0 saturated carbocycles. The summed E-state index contributed by atoms with van der Waals surface area (Å²) in [5, 5.41) is 4.66. The lowest BCUT2D eigenvalue weighted by Gasteiger charge is -2.08. The molecule has 0 aliphatic heterocycles. The molecule has 0 spiro atoms. The molecule has 37 heavy (non-hydrogen) atoms. The van der Waals surface area contributed by atoms with Crippen molar-refractivity contribution in [3.63, 3.8) is 0 Å². The van der Waals surface area contributed by atoms with E-state index >= 15 is 0 Å². The van der Waals surface area contributed by atoms with Gasteiger partial charge in [-0.3, -0.25) is 0 Å². The van der Waals surface area contributed by atoms with Gasteiger partial charge in [-0.05, 0) is 79.8 Å². The second-order valence-electron chi connectivity index (χ2n) is 9.55. The van der Waals surface area contributed by atoms with Gasteiger partial charge in [0.1, 0.15) is 5.69 Å². The minimum absolute atomic E-state index is 0.680. The maximum absolute atomic E-state index is 4.46. The zero-order chi connectivity index (χ0) is 25.2. The first-order valence-corrected chi connectivity index (χ1v) is 12.8. The van der Waals surface area contributed by atoms with Crippen molar-refractivity contribution < 1.29 is 0 Å². The van der Waals surface area contributed by atoms with E-state index in [0.717, 1.165) is 48.3 Å². The molecule has 2 aromatic carbocycles. The van der Waals surface area contributed by atoms with Gasteiger partial charge in [-0.15, -0.1) is 0 Å². The zero-order valence-electron chi connectivity index (χ0n) is 21.0. The van der Waals surface area contributed by atoms with Crippen molar-refractivity contribution in [3.8, 4) is 34.4 Å². The van der Waals surface area contributed by atoms with Crippen molar-refractivity contribution in [3.05, 3.63) is 102 Å². The second-order valence-corrected chi connectivity index (χ2v) is 9.55. The van der Waals surface area contributed by atoms with Crippen molar-refractivity contribution in [2.75, 3.05) is 5.32 Å². The van der Waals surface area contributed by atoms with E-state index in [4.69, 9.17) is 0 Å². The van der Waals surface area contributed by atoms with Crippen LogP contribution in [-0.4, -0.2) is 19.9 Å². The van der Waals surface area contributed by atoms with Gasteiger partial charge in [0, 0.05) is 39.6 Å². The molecular formula is C32H29N5. The molecule has 0 bridgehead atoms. The minimum Gasteiger partial charge on any atom is -0.354 e. The fraction of sp³-hybridized carbons (Fsp3) is 0.188. The molecule has 5 aromatic rings. The second kappa shape index (κ2) is 9.83. The van der Waals surface area contributed by atoms with E-state index in [1.165, 1.54) is 45.3 Å². The number of aromatic amines is 2. The number of nitrogens with one attached hydrogen (secondary N) is 3. The molecule has 3 N–H and O–H groups in total. The Balaban J connectivity index is 1.13. The lowest BCUT2D eigenvalue weighted by Crippen LogP contribution is -2.01. The van der Waals surface area contributed by atoms with Crippen molar-refractivity contribution in [2.24, 2.45) is 0 Å². The fourth-order valence-electron chi connectivity index (χ4n) is 5.20. The number of hydrogen-bond donors (Lipinski definition) is 3. The molecule has 5 heteroatoms. The average molecular weight is 484 g/mol. The van der Waals surface area contributed by atoms with Crippen LogP contribution < -0.4 is 5.32 Å². The number of anilines is 1. The predicted octanol–water partition coefficient (Wildman–Crippen LogP) is 7.04. The summed E-state index contributed by atoms with van der Waals surface area (Å²) in [6.45, 7) is 6.03. The van der Waals surface area contributed by atoms with Gasteiger partial charge in [-0.25, -0.2) is 9.97 Å². The first-order chi connectivity index (χ1) is 18.2. The largest absolute Gasteiger partial charge is 0.354 e. The van der Waals surface area contributed by atoms with Crippen molar-refractivity contribution in [2.45, 2.75) is 39.0 Å². The van der Waals surface area contributed by atoms with Crippen LogP contribution in [0.5, 0.6) is 0 Å². The number of nitrogens with zero attached hydrogens (tertiary/aromatic N) is 2. The van der Waals surface area contributed by atoms with Gasteiger partial charge in [0.25, 0.3) is 0 Å². The van der Waals surface area contributed by atoms with Crippen LogP contribution in [0, 0.1) is 11.8 Å². The molecule has 0 atom stereocenters. The number of aromatic nitrogens is 4. The molecule has 6 rings (SSSR count). The average Bonchev–Trinajstić information content (AvgIpc) is 3.48. The Morgan fingerprint density at radius 1 is 1.03 bits per heavy atom. The maximum atomic E-state index is 4.46. The molecule has 1 aliphatic rings. The molecule has 3 heterocycles. The van der Waals surface area contributed by atoms with Crippen LogP contribution >= 0.6 is 0 Å². The molecule has 3 aromatic heterocycles. The smallest absolute Gasteiger partial charge is 0.204 e.